The smallest absolute Gasteiger partial charge is 0.410 e. The molecule has 0 aromatic rings. The molecule has 0 bridgehead atoms. The second kappa shape index (κ2) is 5.58. The van der Waals surface area contributed by atoms with Gasteiger partial charge in [0.2, 0.25) is 0 Å². The highest BCUT2D eigenvalue weighted by Crippen LogP contribution is 2.10. The second-order valence-electron chi connectivity index (χ2n) is 4.79. The quantitative estimate of drug-likeness (QED) is 0.331. The molecule has 0 aromatic heterocycles. The molecule has 6 heteroatoms. The fourth-order valence-electron chi connectivity index (χ4n) is 1.02. The number of carbonyl (C=O) groups is 1. The van der Waals surface area contributed by atoms with Crippen LogP contribution in [-0.2, 0) is 4.74 Å². The summed E-state index contributed by atoms with van der Waals surface area (Å²) in [4.78, 5) is 13.0. The van der Waals surface area contributed by atoms with Gasteiger partial charge in [-0.2, -0.15) is 0 Å². The summed E-state index contributed by atoms with van der Waals surface area (Å²) < 4.78 is 5.16. The van der Waals surface area contributed by atoms with Crippen molar-refractivity contribution in [1.29, 1.82) is 0 Å². The van der Waals surface area contributed by atoms with Gasteiger partial charge in [-0.05, 0) is 20.8 Å². The third-order valence-electron chi connectivity index (χ3n) is 1.87. The molecule has 0 saturated carbocycles. The highest BCUT2D eigenvalue weighted by molar-refractivity contribution is 5.82. The van der Waals surface area contributed by atoms with Crippen molar-refractivity contribution in [2.45, 2.75) is 33.3 Å². The van der Waals surface area contributed by atoms with Crippen LogP contribution >= 0.6 is 0 Å². The molecule has 1 atom stereocenters. The average Bonchev–Trinajstić information content (AvgIpc) is 2.13. The van der Waals surface area contributed by atoms with Crippen molar-refractivity contribution >= 4 is 11.9 Å². The molecule has 0 saturated heterocycles. The predicted molar refractivity (Wildman–Crippen MR) is 61.4 cm³/mol. The number of nitrogens with zero attached hydrogens (tertiary/aromatic N) is 2. The summed E-state index contributed by atoms with van der Waals surface area (Å²) in [5, 5.41) is 11.4. The van der Waals surface area contributed by atoms with Gasteiger partial charge in [-0.15, -0.1) is 0 Å². The van der Waals surface area contributed by atoms with E-state index in [1.807, 2.05) is 0 Å². The number of hydrogen-bond donors (Lipinski definition) is 2. The molecule has 0 unspecified atom stereocenters. The Bertz CT molecular complexity index is 271. The maximum absolute atomic E-state index is 11.6. The van der Waals surface area contributed by atoms with Gasteiger partial charge in [-0.3, -0.25) is 0 Å². The standard InChI is InChI=1S/C10H21N3O3/c1-7(8(11)12-15)6-13(5)9(14)16-10(2,3)4/h7,15H,6H2,1-5H3,(H2,11,12)/t7-/m1/s1. The molecule has 0 aliphatic heterocycles. The number of hydrogen-bond acceptors (Lipinski definition) is 4. The first-order valence-corrected chi connectivity index (χ1v) is 5.09. The zero-order chi connectivity index (χ0) is 12.9. The lowest BCUT2D eigenvalue weighted by Gasteiger charge is -2.26. The first-order valence-electron chi connectivity index (χ1n) is 5.09. The molecular formula is C10H21N3O3. The number of carbonyl (C=O) groups excluding carboxylic acids is 1. The van der Waals surface area contributed by atoms with Crippen molar-refractivity contribution in [1.82, 2.24) is 4.90 Å². The molecule has 0 fully saturated rings. The molecule has 0 aromatic carbocycles. The fourth-order valence-corrected chi connectivity index (χ4v) is 1.02. The summed E-state index contributed by atoms with van der Waals surface area (Å²) >= 11 is 0. The highest BCUT2D eigenvalue weighted by Gasteiger charge is 2.21. The van der Waals surface area contributed by atoms with E-state index in [2.05, 4.69) is 5.16 Å². The highest BCUT2D eigenvalue weighted by atomic mass is 16.6. The zero-order valence-electron chi connectivity index (χ0n) is 10.5. The van der Waals surface area contributed by atoms with Crippen LogP contribution in [0.15, 0.2) is 5.16 Å². The number of oxime groups is 1. The summed E-state index contributed by atoms with van der Waals surface area (Å²) in [5.74, 6) is -0.127. The van der Waals surface area contributed by atoms with Crippen LogP contribution in [0.3, 0.4) is 0 Å². The van der Waals surface area contributed by atoms with Crippen LogP contribution in [0.2, 0.25) is 0 Å². The van der Waals surface area contributed by atoms with E-state index in [0.29, 0.717) is 6.54 Å². The lowest BCUT2D eigenvalue weighted by molar-refractivity contribution is 0.0288. The van der Waals surface area contributed by atoms with Crippen molar-refractivity contribution in [2.75, 3.05) is 13.6 Å². The van der Waals surface area contributed by atoms with Crippen LogP contribution in [0.5, 0.6) is 0 Å². The summed E-state index contributed by atoms with van der Waals surface area (Å²) in [6, 6.07) is 0. The summed E-state index contributed by atoms with van der Waals surface area (Å²) in [5.41, 5.74) is 4.89. The molecule has 1 amide bonds. The molecule has 16 heavy (non-hydrogen) atoms. The summed E-state index contributed by atoms with van der Waals surface area (Å²) in [6.45, 7) is 7.49. The Morgan fingerprint density at radius 2 is 2.06 bits per heavy atom. The number of amidine groups is 1. The SMILES string of the molecule is C[C@H](CN(C)C(=O)OC(C)(C)C)/C(N)=N/O. The molecule has 0 heterocycles. The number of nitrogens with two attached hydrogens (primary N) is 1. The minimum Gasteiger partial charge on any atom is -0.444 e. The molecule has 3 N–H and O–H groups in total. The minimum atomic E-state index is -0.523. The molecule has 6 nitrogen and oxygen atoms in total. The van der Waals surface area contributed by atoms with Gasteiger partial charge in [0, 0.05) is 19.5 Å². The van der Waals surface area contributed by atoms with Gasteiger partial charge in [0.05, 0.1) is 0 Å². The van der Waals surface area contributed by atoms with Crippen molar-refractivity contribution in [3.63, 3.8) is 0 Å². The Kier molecular flexibility index (Phi) is 5.07. The first kappa shape index (κ1) is 14.5. The topological polar surface area (TPSA) is 88.2 Å². The van der Waals surface area contributed by atoms with E-state index in [1.165, 1.54) is 4.90 Å². The number of rotatable bonds is 3. The lowest BCUT2D eigenvalue weighted by atomic mass is 10.1. The number of ether oxygens (including phenoxy) is 1. The minimum absolute atomic E-state index is 0.0930. The molecule has 0 spiro atoms. The molecule has 0 rings (SSSR count). The first-order chi connectivity index (χ1) is 7.17. The summed E-state index contributed by atoms with van der Waals surface area (Å²) in [6.07, 6.45) is -0.426. The Labute approximate surface area is 96.0 Å². The normalized spacial score (nSPS) is 14.4. The molecular weight excluding hydrogens is 210 g/mol. The van der Waals surface area contributed by atoms with Gasteiger partial charge >= 0.3 is 6.09 Å². The monoisotopic (exact) mass is 231 g/mol. The third-order valence-corrected chi connectivity index (χ3v) is 1.87. The van der Waals surface area contributed by atoms with Gasteiger partial charge in [0.15, 0.2) is 0 Å². The largest absolute Gasteiger partial charge is 0.444 e. The maximum atomic E-state index is 11.6. The average molecular weight is 231 g/mol. The van der Waals surface area contributed by atoms with E-state index >= 15 is 0 Å². The van der Waals surface area contributed by atoms with E-state index in [4.69, 9.17) is 15.7 Å². The summed E-state index contributed by atoms with van der Waals surface area (Å²) in [7, 11) is 1.61. The van der Waals surface area contributed by atoms with Gasteiger partial charge in [-0.25, -0.2) is 4.79 Å². The molecule has 94 valence electrons. The Balaban J connectivity index is 4.26. The van der Waals surface area contributed by atoms with Crippen LogP contribution in [-0.4, -0.2) is 41.2 Å². The molecule has 0 aliphatic rings. The van der Waals surface area contributed by atoms with Crippen molar-refractivity contribution < 1.29 is 14.7 Å². The van der Waals surface area contributed by atoms with Crippen LogP contribution in [0, 0.1) is 5.92 Å². The second-order valence-corrected chi connectivity index (χ2v) is 4.79. The van der Waals surface area contributed by atoms with Gasteiger partial charge in [-0.1, -0.05) is 12.1 Å². The maximum Gasteiger partial charge on any atom is 0.410 e. The van der Waals surface area contributed by atoms with E-state index in [-0.39, 0.29) is 11.8 Å². The Morgan fingerprint density at radius 3 is 2.44 bits per heavy atom. The Hall–Kier alpha value is -1.46. The Morgan fingerprint density at radius 1 is 1.56 bits per heavy atom. The predicted octanol–water partition coefficient (Wildman–Crippen LogP) is 1.24. The van der Waals surface area contributed by atoms with E-state index in [1.54, 1.807) is 34.7 Å². The van der Waals surface area contributed by atoms with Gasteiger partial charge in [0.1, 0.15) is 11.4 Å². The van der Waals surface area contributed by atoms with Crippen LogP contribution in [0.1, 0.15) is 27.7 Å². The van der Waals surface area contributed by atoms with Gasteiger partial charge in [0.25, 0.3) is 0 Å². The fraction of sp³-hybridized carbons (Fsp3) is 0.800. The van der Waals surface area contributed by atoms with Crippen molar-refractivity contribution in [3.8, 4) is 0 Å². The van der Waals surface area contributed by atoms with Crippen LogP contribution in [0.25, 0.3) is 0 Å². The van der Waals surface area contributed by atoms with Crippen LogP contribution < -0.4 is 5.73 Å². The zero-order valence-corrected chi connectivity index (χ0v) is 10.5. The van der Waals surface area contributed by atoms with Gasteiger partial charge < -0.3 is 20.6 Å². The van der Waals surface area contributed by atoms with Crippen LogP contribution in [0.4, 0.5) is 4.79 Å². The lowest BCUT2D eigenvalue weighted by Crippen LogP contribution is -2.39. The molecule has 0 radical (unpaired) electrons. The van der Waals surface area contributed by atoms with E-state index in [0.717, 1.165) is 0 Å². The van der Waals surface area contributed by atoms with Crippen molar-refractivity contribution in [2.24, 2.45) is 16.8 Å². The third kappa shape index (κ3) is 5.43. The van der Waals surface area contributed by atoms with E-state index in [9.17, 15) is 4.79 Å². The molecule has 0 aliphatic carbocycles. The van der Waals surface area contributed by atoms with Crippen molar-refractivity contribution in [3.05, 3.63) is 0 Å². The van der Waals surface area contributed by atoms with E-state index < -0.39 is 11.7 Å². The number of amides is 1.